The summed E-state index contributed by atoms with van der Waals surface area (Å²) in [7, 11) is -7.90. The van der Waals surface area contributed by atoms with Crippen LogP contribution in [0.25, 0.3) is 11.3 Å². The van der Waals surface area contributed by atoms with Crippen LogP contribution < -0.4 is 0 Å². The van der Waals surface area contributed by atoms with Gasteiger partial charge in [0.1, 0.15) is 14.4 Å². The van der Waals surface area contributed by atoms with E-state index in [-0.39, 0.29) is 51.5 Å². The zero-order valence-electron chi connectivity index (χ0n) is 31.5. The zero-order chi connectivity index (χ0) is 41.6. The van der Waals surface area contributed by atoms with Crippen molar-refractivity contribution in [1.29, 1.82) is 0 Å². The lowest BCUT2D eigenvalue weighted by Gasteiger charge is -2.27. The highest BCUT2D eigenvalue weighted by molar-refractivity contribution is 9.10. The first kappa shape index (κ1) is 43.6. The van der Waals surface area contributed by atoms with Gasteiger partial charge < -0.3 is 20.0 Å². The summed E-state index contributed by atoms with van der Waals surface area (Å²) in [4.78, 5) is 37.1. The fourth-order valence-corrected chi connectivity index (χ4v) is 9.05. The third-order valence-electron chi connectivity index (χ3n) is 7.69. The van der Waals surface area contributed by atoms with Crippen LogP contribution in [0, 0.1) is 16.6 Å². The number of aromatic nitrogens is 5. The van der Waals surface area contributed by atoms with Crippen LogP contribution in [0.5, 0.6) is 0 Å². The van der Waals surface area contributed by atoms with Crippen molar-refractivity contribution in [2.45, 2.75) is 64.4 Å². The number of amides is 2. The van der Waals surface area contributed by atoms with Gasteiger partial charge in [-0.15, -0.1) is 0 Å². The fourth-order valence-electron chi connectivity index (χ4n) is 5.49. The quantitative estimate of drug-likeness (QED) is 0.136. The van der Waals surface area contributed by atoms with Gasteiger partial charge in [-0.25, -0.2) is 38.8 Å². The first-order chi connectivity index (χ1) is 26.0. The highest BCUT2D eigenvalue weighted by Crippen LogP contribution is 2.30. The summed E-state index contributed by atoms with van der Waals surface area (Å²) in [6, 6.07) is 10.3. The monoisotopic (exact) mass is 875 g/mol. The maximum absolute atomic E-state index is 14.5. The van der Waals surface area contributed by atoms with E-state index in [2.05, 4.69) is 30.9 Å². The van der Waals surface area contributed by atoms with Crippen LogP contribution in [0.2, 0.25) is 0 Å². The molecule has 2 N–H and O–H groups in total. The number of nitrogens with zero attached hydrogens (tertiary/aromatic N) is 7. The third-order valence-corrected chi connectivity index (χ3v) is 11.9. The van der Waals surface area contributed by atoms with Gasteiger partial charge in [-0.05, 0) is 80.4 Å². The Kier molecular flexibility index (Phi) is 13.5. The van der Waals surface area contributed by atoms with Crippen molar-refractivity contribution in [2.24, 2.45) is 10.8 Å². The highest BCUT2D eigenvalue weighted by Gasteiger charge is 2.27. The van der Waals surface area contributed by atoms with Gasteiger partial charge in [0.25, 0.3) is 20.0 Å². The second kappa shape index (κ2) is 17.3. The summed E-state index contributed by atoms with van der Waals surface area (Å²) >= 11 is 3.24. The van der Waals surface area contributed by atoms with Crippen LogP contribution >= 0.6 is 15.9 Å². The lowest BCUT2D eigenvalue weighted by molar-refractivity contribution is 0.122. The number of halogens is 2. The van der Waals surface area contributed by atoms with E-state index >= 15 is 0 Å². The molecule has 56 heavy (non-hydrogen) atoms. The molecule has 0 radical (unpaired) electrons. The normalized spacial score (nSPS) is 12.1. The number of rotatable bonds is 11. The van der Waals surface area contributed by atoms with E-state index in [9.17, 15) is 41.0 Å². The maximum atomic E-state index is 14.5. The van der Waals surface area contributed by atoms with Crippen LogP contribution in [0.4, 0.5) is 14.0 Å². The van der Waals surface area contributed by atoms with Crippen molar-refractivity contribution in [1.82, 2.24) is 32.7 Å². The van der Waals surface area contributed by atoms with E-state index in [0.29, 0.717) is 22.3 Å². The van der Waals surface area contributed by atoms with Gasteiger partial charge >= 0.3 is 12.2 Å². The van der Waals surface area contributed by atoms with Crippen LogP contribution in [0.3, 0.4) is 0 Å². The predicted octanol–water partition coefficient (Wildman–Crippen LogP) is 7.26. The van der Waals surface area contributed by atoms with Crippen LogP contribution in [-0.4, -0.2) is 85.0 Å². The summed E-state index contributed by atoms with van der Waals surface area (Å²) in [6.07, 6.45) is 8.31. The van der Waals surface area contributed by atoms with Crippen LogP contribution in [0.15, 0.2) is 106 Å². The van der Waals surface area contributed by atoms with Crippen molar-refractivity contribution in [3.8, 4) is 11.3 Å². The van der Waals surface area contributed by atoms with E-state index in [0.717, 1.165) is 14.1 Å². The maximum Gasteiger partial charge on any atom is 0.407 e. The molecule has 5 aromatic heterocycles. The number of hydrogen-bond donors (Lipinski definition) is 2. The Labute approximate surface area is 333 Å². The van der Waals surface area contributed by atoms with Crippen LogP contribution in [0.1, 0.15) is 52.7 Å². The van der Waals surface area contributed by atoms with Gasteiger partial charge in [-0.2, -0.15) is 0 Å². The second-order valence-electron chi connectivity index (χ2n) is 15.1. The minimum absolute atomic E-state index is 0.0337. The number of carbonyl (C=O) groups is 2. The van der Waals surface area contributed by atoms with Crippen molar-refractivity contribution in [2.75, 3.05) is 13.1 Å². The average molecular weight is 877 g/mol. The molecule has 0 unspecified atom stereocenters. The summed E-state index contributed by atoms with van der Waals surface area (Å²) in [6.45, 7) is 12.1. The van der Waals surface area contributed by atoms with Gasteiger partial charge in [-0.3, -0.25) is 15.0 Å². The third kappa shape index (κ3) is 11.2. The Balaban J connectivity index is 0.000000255. The van der Waals surface area contributed by atoms with Crippen LogP contribution in [-0.2, 0) is 33.1 Å². The first-order valence-corrected chi connectivity index (χ1v) is 20.6. The predicted molar refractivity (Wildman–Crippen MR) is 209 cm³/mol. The van der Waals surface area contributed by atoms with E-state index in [4.69, 9.17) is 0 Å². The van der Waals surface area contributed by atoms with E-state index in [1.165, 1.54) is 83.5 Å². The zero-order valence-corrected chi connectivity index (χ0v) is 34.8. The molecule has 19 heteroatoms. The lowest BCUT2D eigenvalue weighted by Crippen LogP contribution is -2.36. The Morgan fingerprint density at radius 3 is 1.59 bits per heavy atom. The molecule has 15 nitrogen and oxygen atoms in total. The molecule has 0 aliphatic carbocycles. The van der Waals surface area contributed by atoms with Gasteiger partial charge in [0, 0.05) is 62.0 Å². The van der Waals surface area contributed by atoms with Crippen molar-refractivity contribution >= 4 is 48.2 Å². The summed E-state index contributed by atoms with van der Waals surface area (Å²) in [5.41, 5.74) is 0.575. The molecule has 5 heterocycles. The molecule has 0 bridgehead atoms. The van der Waals surface area contributed by atoms with Gasteiger partial charge in [0.2, 0.25) is 0 Å². The average Bonchev–Trinajstić information content (AvgIpc) is 3.71. The molecule has 0 spiro atoms. The lowest BCUT2D eigenvalue weighted by atomic mass is 9.96. The molecular weight excluding hydrogens is 833 g/mol. The molecule has 0 saturated heterocycles. The minimum atomic E-state index is -4.10. The standard InChI is InChI=1S/C21H23FN4O4S.C16H20BrN3O4S/c1-21(2,3)14-25(20(27)28)12-15-9-19(17-6-8-24-11-18(17)22)26(13-15)31(29,30)16-5-4-7-23-10-16;1-16(2,3)11-19(15(21)22)9-12-7-14(17)20(10-12)25(23,24)13-5-4-6-18-8-13/h4-11,13H,12,14H2,1-3H3,(H,27,28);4-8,10H,9,11H2,1-3H3,(H,21,22). The first-order valence-electron chi connectivity index (χ1n) is 16.9. The fraction of sp³-hybridized carbons (Fsp3) is 0.324. The molecule has 0 aromatic carbocycles. The Morgan fingerprint density at radius 2 is 1.16 bits per heavy atom. The molecule has 5 aromatic rings. The topological polar surface area (TPSA) is 198 Å². The van der Waals surface area contributed by atoms with Crippen molar-refractivity contribution in [3.63, 3.8) is 0 Å². The Morgan fingerprint density at radius 1 is 0.714 bits per heavy atom. The largest absolute Gasteiger partial charge is 0.465 e. The van der Waals surface area contributed by atoms with Gasteiger partial charge in [-0.1, -0.05) is 41.5 Å². The van der Waals surface area contributed by atoms with E-state index in [1.54, 1.807) is 12.1 Å². The van der Waals surface area contributed by atoms with E-state index < -0.39 is 38.1 Å². The van der Waals surface area contributed by atoms with Gasteiger partial charge in [0.15, 0.2) is 5.82 Å². The molecule has 2 amide bonds. The minimum Gasteiger partial charge on any atom is -0.465 e. The Bertz CT molecular complexity index is 2380. The molecule has 300 valence electrons. The second-order valence-corrected chi connectivity index (χ2v) is 19.6. The number of carboxylic acid groups (broad SMARTS) is 2. The molecule has 0 atom stereocenters. The van der Waals surface area contributed by atoms with E-state index in [1.807, 2.05) is 41.5 Å². The Hall–Kier alpha value is -5.14. The molecule has 0 aliphatic rings. The molecule has 0 saturated carbocycles. The molecular formula is C37H43BrFN7O8S2. The van der Waals surface area contributed by atoms with Gasteiger partial charge in [0.05, 0.1) is 25.0 Å². The molecule has 5 rings (SSSR count). The van der Waals surface area contributed by atoms with Crippen molar-refractivity contribution < 1.29 is 41.0 Å². The smallest absolute Gasteiger partial charge is 0.407 e. The highest BCUT2D eigenvalue weighted by atomic mass is 79.9. The molecule has 0 aliphatic heterocycles. The summed E-state index contributed by atoms with van der Waals surface area (Å²) in [5.74, 6) is -0.695. The number of pyridine rings is 3. The SMILES string of the molecule is CC(C)(C)CN(Cc1cc(-c2ccncc2F)n(S(=O)(=O)c2cccnc2)c1)C(=O)O.CC(C)(C)CN(Cc1cc(Br)n(S(=O)(=O)c2cccnc2)c1)C(=O)O. The summed E-state index contributed by atoms with van der Waals surface area (Å²) < 4.78 is 68.7. The number of hydrogen-bond acceptors (Lipinski definition) is 9. The van der Waals surface area contributed by atoms with Crippen molar-refractivity contribution in [3.05, 3.63) is 114 Å². The summed E-state index contributed by atoms with van der Waals surface area (Å²) in [5, 5.41) is 19.0. The molecule has 0 fully saturated rings.